The molecule has 0 fully saturated rings. The third-order valence-electron chi connectivity index (χ3n) is 9.77. The quantitative estimate of drug-likeness (QED) is 0.0285. The van der Waals surface area contributed by atoms with Crippen molar-refractivity contribution in [2.24, 2.45) is 5.41 Å². The van der Waals surface area contributed by atoms with Gasteiger partial charge in [-0.25, -0.2) is 33.7 Å². The summed E-state index contributed by atoms with van der Waals surface area (Å²) in [5.74, 6) is -3.78. The second-order valence-electron chi connectivity index (χ2n) is 15.4. The van der Waals surface area contributed by atoms with E-state index >= 15 is 0 Å². The van der Waals surface area contributed by atoms with Gasteiger partial charge in [-0.1, -0.05) is 71.3 Å². The van der Waals surface area contributed by atoms with Crippen LogP contribution in [-0.4, -0.2) is 100 Å². The zero-order valence-corrected chi connectivity index (χ0v) is 43.9. The molecule has 15 nitrogen and oxygen atoms in total. The van der Waals surface area contributed by atoms with Gasteiger partial charge < -0.3 is 14.2 Å². The fraction of sp³-hybridized carbons (Fsp3) is 0.378. The number of aryl methyl sites for hydroxylation is 3. The van der Waals surface area contributed by atoms with Crippen molar-refractivity contribution in [3.8, 4) is 0 Å². The first kappa shape index (κ1) is 56.7. The Hall–Kier alpha value is -3.84. The minimum atomic E-state index is -3.83. The predicted molar refractivity (Wildman–Crippen MR) is 267 cm³/mol. The molecule has 0 aliphatic heterocycles. The molecule has 4 aromatic rings. The number of carbonyl (C=O) groups excluding carboxylic acids is 4. The molecular formula is C45H52O15S8. The molecule has 0 atom stereocenters. The molecule has 0 aliphatic carbocycles. The Balaban J connectivity index is 1.49. The number of ketones is 1. The highest BCUT2D eigenvalue weighted by atomic mass is 33.2. The molecule has 0 aliphatic rings. The Morgan fingerprint density at radius 3 is 0.985 bits per heavy atom. The van der Waals surface area contributed by atoms with Crippen LogP contribution >= 0.6 is 43.2 Å². The summed E-state index contributed by atoms with van der Waals surface area (Å²) in [4.78, 5) is 53.0. The van der Waals surface area contributed by atoms with Crippen molar-refractivity contribution in [3.05, 3.63) is 120 Å². The summed E-state index contributed by atoms with van der Waals surface area (Å²) in [5.41, 5.74) is 0.940. The summed E-state index contributed by atoms with van der Waals surface area (Å²) in [5, 5.41) is 0. The number of rotatable bonds is 29. The molecule has 0 aromatic heterocycles. The number of esters is 3. The van der Waals surface area contributed by atoms with E-state index in [2.05, 4.69) is 0 Å². The Kier molecular flexibility index (Phi) is 22.0. The van der Waals surface area contributed by atoms with E-state index in [1.165, 1.54) is 48.5 Å². The maximum absolute atomic E-state index is 13.4. The Morgan fingerprint density at radius 1 is 0.397 bits per heavy atom. The Morgan fingerprint density at radius 2 is 0.676 bits per heavy atom. The molecule has 0 unspecified atom stereocenters. The van der Waals surface area contributed by atoms with Crippen LogP contribution in [0.1, 0.15) is 55.2 Å². The number of Topliss-reactive ketones (excluding diaryl/α,β-unsaturated/α-hetero) is 1. The summed E-state index contributed by atoms with van der Waals surface area (Å²) in [6, 6.07) is 26.1. The molecule has 0 amide bonds. The first-order valence-electron chi connectivity index (χ1n) is 20.8. The van der Waals surface area contributed by atoms with Crippen molar-refractivity contribution >= 4 is 102 Å². The number of hydrogen-bond donors (Lipinski definition) is 0. The van der Waals surface area contributed by atoms with Crippen LogP contribution in [0.25, 0.3) is 0 Å². The van der Waals surface area contributed by atoms with Gasteiger partial charge in [-0.2, -0.15) is 0 Å². The van der Waals surface area contributed by atoms with E-state index in [0.717, 1.165) is 16.7 Å². The fourth-order valence-corrected chi connectivity index (χ4v) is 16.7. The molecule has 68 heavy (non-hydrogen) atoms. The van der Waals surface area contributed by atoms with E-state index in [1.807, 2.05) is 6.92 Å². The van der Waals surface area contributed by atoms with Gasteiger partial charge in [-0.15, -0.1) is 0 Å². The lowest BCUT2D eigenvalue weighted by Gasteiger charge is -2.32. The monoisotopic (exact) mass is 1090 g/mol. The average molecular weight is 1090 g/mol. The third-order valence-corrected chi connectivity index (χ3v) is 23.9. The van der Waals surface area contributed by atoms with Crippen molar-refractivity contribution in [2.45, 2.75) is 78.9 Å². The zero-order valence-electron chi connectivity index (χ0n) is 37.4. The lowest BCUT2D eigenvalue weighted by atomic mass is 9.84. The van der Waals surface area contributed by atoms with Crippen molar-refractivity contribution in [1.82, 2.24) is 0 Å². The van der Waals surface area contributed by atoms with Gasteiger partial charge in [0.1, 0.15) is 25.6 Å². The summed E-state index contributed by atoms with van der Waals surface area (Å²) in [6.45, 7) is 3.57. The van der Waals surface area contributed by atoms with Gasteiger partial charge in [-0.05, 0) is 119 Å². The molecule has 0 saturated heterocycles. The van der Waals surface area contributed by atoms with Gasteiger partial charge in [0.05, 0.1) is 44.3 Å². The van der Waals surface area contributed by atoms with Crippen LogP contribution in [0, 0.1) is 26.2 Å². The molecule has 4 aromatic carbocycles. The van der Waals surface area contributed by atoms with Gasteiger partial charge in [-0.3, -0.25) is 19.2 Å². The largest absolute Gasteiger partial charge is 0.465 e. The maximum atomic E-state index is 13.4. The first-order chi connectivity index (χ1) is 32.0. The molecule has 0 N–H and O–H groups in total. The predicted octanol–water partition coefficient (Wildman–Crippen LogP) is 7.93. The molecule has 0 spiro atoms. The average Bonchev–Trinajstić information content (AvgIpc) is 3.29. The van der Waals surface area contributed by atoms with E-state index in [-0.39, 0.29) is 61.9 Å². The number of carbonyl (C=O) groups is 4. The van der Waals surface area contributed by atoms with Crippen LogP contribution in [-0.2, 0) is 68.9 Å². The van der Waals surface area contributed by atoms with E-state index in [1.54, 1.807) is 68.4 Å². The molecule has 0 radical (unpaired) electrons. The van der Waals surface area contributed by atoms with Crippen molar-refractivity contribution in [2.75, 3.05) is 42.8 Å². The van der Waals surface area contributed by atoms with Crippen LogP contribution < -0.4 is 0 Å². The van der Waals surface area contributed by atoms with Crippen LogP contribution in [0.4, 0.5) is 0 Å². The molecular weight excluding hydrogens is 1040 g/mol. The maximum Gasteiger partial charge on any atom is 0.306 e. The lowest BCUT2D eigenvalue weighted by molar-refractivity contribution is -0.162. The highest BCUT2D eigenvalue weighted by Crippen LogP contribution is 2.31. The van der Waals surface area contributed by atoms with Gasteiger partial charge in [0.2, 0.25) is 35.5 Å². The number of ether oxygens (including phenoxy) is 3. The Bertz CT molecular complexity index is 2550. The van der Waals surface area contributed by atoms with E-state index in [4.69, 9.17) is 14.2 Å². The first-order valence-corrected chi connectivity index (χ1v) is 32.8. The minimum Gasteiger partial charge on any atom is -0.465 e. The van der Waals surface area contributed by atoms with Gasteiger partial charge in [0.15, 0.2) is 0 Å². The van der Waals surface area contributed by atoms with E-state index < -0.39 is 104 Å². The standard InChI is InChI=1S/C45H52O15S8/c1-34-9-15-39(16-10-34)66(52,53)61-27-22-37(46)21-26-45(31-58-42(47)23-28-62-65(50,51)38-7-5-4-6-8-38,32-59-43(48)24-29-63-67(54,55)40-17-11-35(2)12-18-40)33-60-44(49)25-30-64-68(56,57)41-19-13-36(3)14-20-41/h4-20H,21-33H2,1-3H3. The number of benzene rings is 4. The molecule has 0 saturated carbocycles. The van der Waals surface area contributed by atoms with E-state index in [0.29, 0.717) is 43.2 Å². The van der Waals surface area contributed by atoms with Crippen molar-refractivity contribution in [3.63, 3.8) is 0 Å². The molecule has 370 valence electrons. The van der Waals surface area contributed by atoms with Gasteiger partial charge in [0.25, 0.3) is 0 Å². The van der Waals surface area contributed by atoms with Crippen LogP contribution in [0.3, 0.4) is 0 Å². The highest BCUT2D eigenvalue weighted by Gasteiger charge is 2.37. The van der Waals surface area contributed by atoms with Crippen LogP contribution in [0.5, 0.6) is 0 Å². The van der Waals surface area contributed by atoms with Crippen molar-refractivity contribution in [1.29, 1.82) is 0 Å². The SMILES string of the molecule is Cc1ccc(S(=O)(=O)SCCC(=O)CCC(COC(=O)CCSS(=O)(=O)c2ccccc2)(COC(=O)CCSS(=O)(=O)c2ccc(C)cc2)COC(=O)CCSS(=O)(=O)c2ccc(C)cc2)cc1. The molecule has 4 rings (SSSR count). The topological polar surface area (TPSA) is 233 Å². The van der Waals surface area contributed by atoms with Gasteiger partial charge >= 0.3 is 17.9 Å². The van der Waals surface area contributed by atoms with E-state index in [9.17, 15) is 52.8 Å². The molecule has 0 bridgehead atoms. The molecule has 23 heteroatoms. The molecule has 0 heterocycles. The smallest absolute Gasteiger partial charge is 0.306 e. The summed E-state index contributed by atoms with van der Waals surface area (Å²) in [6.07, 6.45) is -1.92. The Labute approximate surface area is 413 Å². The lowest BCUT2D eigenvalue weighted by Crippen LogP contribution is -2.40. The highest BCUT2D eigenvalue weighted by molar-refractivity contribution is 8.73. The summed E-state index contributed by atoms with van der Waals surface area (Å²) in [7, 11) is -13.2. The van der Waals surface area contributed by atoms with Crippen LogP contribution in [0.15, 0.2) is 123 Å². The van der Waals surface area contributed by atoms with Crippen molar-refractivity contribution < 1.29 is 67.1 Å². The summed E-state index contributed by atoms with van der Waals surface area (Å²) >= 11 is 0. The fourth-order valence-electron chi connectivity index (χ4n) is 5.73. The van der Waals surface area contributed by atoms with Crippen LogP contribution in [0.2, 0.25) is 0 Å². The third kappa shape index (κ3) is 19.2. The van der Waals surface area contributed by atoms with Gasteiger partial charge in [0, 0.05) is 35.9 Å². The zero-order chi connectivity index (χ0) is 50.0. The summed E-state index contributed by atoms with van der Waals surface area (Å²) < 4.78 is 120. The second kappa shape index (κ2) is 26.4. The second-order valence-corrected chi connectivity index (χ2v) is 31.6. The minimum absolute atomic E-state index is 0.0362. The normalized spacial score (nSPS) is 12.3. The number of hydrogen-bond acceptors (Lipinski definition) is 19.